The van der Waals surface area contributed by atoms with E-state index in [0.29, 0.717) is 17.2 Å². The Balaban J connectivity index is 1.67. The molecule has 128 valence electrons. The average molecular weight is 338 g/mol. The summed E-state index contributed by atoms with van der Waals surface area (Å²) in [4.78, 5) is 12.3. The van der Waals surface area contributed by atoms with Crippen molar-refractivity contribution in [1.82, 2.24) is 20.2 Å². The number of hydrogen-bond acceptors (Lipinski definition) is 6. The Morgan fingerprint density at radius 3 is 2.64 bits per heavy atom. The molecule has 1 aromatic heterocycles. The molecule has 25 heavy (non-hydrogen) atoms. The van der Waals surface area contributed by atoms with Gasteiger partial charge in [0.25, 0.3) is 0 Å². The molecule has 0 amide bonds. The normalized spacial score (nSPS) is 11.8. The zero-order valence-electron chi connectivity index (χ0n) is 14.2. The summed E-state index contributed by atoms with van der Waals surface area (Å²) in [6.07, 6.45) is 0.727. The van der Waals surface area contributed by atoms with E-state index in [1.807, 2.05) is 38.1 Å². The fourth-order valence-electron chi connectivity index (χ4n) is 2.21. The number of aromatic nitrogens is 4. The molecular weight excluding hydrogens is 320 g/mol. The largest absolute Gasteiger partial charge is 0.479 e. The molecular formula is C18H18N4O3. The summed E-state index contributed by atoms with van der Waals surface area (Å²) >= 11 is 0. The lowest BCUT2D eigenvalue weighted by atomic mass is 10.1. The van der Waals surface area contributed by atoms with Crippen molar-refractivity contribution in [2.24, 2.45) is 0 Å². The Kier molecular flexibility index (Phi) is 4.74. The molecule has 1 heterocycles. The molecule has 7 nitrogen and oxygen atoms in total. The fourth-order valence-corrected chi connectivity index (χ4v) is 2.21. The summed E-state index contributed by atoms with van der Waals surface area (Å²) < 4.78 is 12.5. The van der Waals surface area contributed by atoms with E-state index in [1.165, 1.54) is 16.6 Å². The minimum Gasteiger partial charge on any atom is -0.479 e. The van der Waals surface area contributed by atoms with Crippen LogP contribution in [0.5, 0.6) is 11.5 Å². The van der Waals surface area contributed by atoms with Crippen LogP contribution in [-0.2, 0) is 4.79 Å². The number of benzene rings is 2. The van der Waals surface area contributed by atoms with E-state index < -0.39 is 12.1 Å². The number of carbonyl (C=O) groups is 1. The van der Waals surface area contributed by atoms with Gasteiger partial charge in [-0.1, -0.05) is 12.1 Å². The molecule has 0 bridgehead atoms. The van der Waals surface area contributed by atoms with Crippen LogP contribution in [0, 0.1) is 13.8 Å². The van der Waals surface area contributed by atoms with Crippen molar-refractivity contribution < 1.29 is 14.3 Å². The van der Waals surface area contributed by atoms with Crippen LogP contribution in [0.4, 0.5) is 0 Å². The Morgan fingerprint density at radius 1 is 1.08 bits per heavy atom. The van der Waals surface area contributed by atoms with Crippen LogP contribution in [0.25, 0.3) is 5.69 Å². The van der Waals surface area contributed by atoms with E-state index in [9.17, 15) is 4.79 Å². The SMILES string of the molecule is Cc1ccc(O[C@H](C)C(=O)Oc2cccc(-n3cnnn3)c2)cc1C. The summed E-state index contributed by atoms with van der Waals surface area (Å²) in [5.74, 6) is 0.552. The van der Waals surface area contributed by atoms with Crippen LogP contribution in [0.3, 0.4) is 0 Å². The molecule has 0 aliphatic carbocycles. The smallest absolute Gasteiger partial charge is 0.352 e. The molecule has 0 spiro atoms. The van der Waals surface area contributed by atoms with Crippen LogP contribution in [-0.4, -0.2) is 32.3 Å². The number of rotatable bonds is 5. The van der Waals surface area contributed by atoms with Crippen LogP contribution < -0.4 is 9.47 Å². The predicted octanol–water partition coefficient (Wildman–Crippen LogP) is 2.65. The summed E-state index contributed by atoms with van der Waals surface area (Å²) in [5.41, 5.74) is 2.97. The third-order valence-corrected chi connectivity index (χ3v) is 3.77. The second-order valence-electron chi connectivity index (χ2n) is 5.68. The first-order valence-corrected chi connectivity index (χ1v) is 7.82. The van der Waals surface area contributed by atoms with Crippen molar-refractivity contribution in [1.29, 1.82) is 0 Å². The van der Waals surface area contributed by atoms with Crippen LogP contribution >= 0.6 is 0 Å². The Bertz CT molecular complexity index is 878. The highest BCUT2D eigenvalue weighted by atomic mass is 16.6. The molecule has 7 heteroatoms. The zero-order valence-corrected chi connectivity index (χ0v) is 14.2. The van der Waals surface area contributed by atoms with Gasteiger partial charge in [-0.3, -0.25) is 0 Å². The van der Waals surface area contributed by atoms with Crippen molar-refractivity contribution in [3.8, 4) is 17.2 Å². The topological polar surface area (TPSA) is 79.1 Å². The van der Waals surface area contributed by atoms with Crippen LogP contribution in [0.1, 0.15) is 18.1 Å². The Morgan fingerprint density at radius 2 is 1.92 bits per heavy atom. The summed E-state index contributed by atoms with van der Waals surface area (Å²) in [6, 6.07) is 12.6. The number of hydrogen-bond donors (Lipinski definition) is 0. The van der Waals surface area contributed by atoms with Crippen LogP contribution in [0.2, 0.25) is 0 Å². The predicted molar refractivity (Wildman–Crippen MR) is 90.8 cm³/mol. The lowest BCUT2D eigenvalue weighted by Crippen LogP contribution is -2.28. The minimum atomic E-state index is -0.737. The van der Waals surface area contributed by atoms with Crippen molar-refractivity contribution in [3.05, 3.63) is 59.9 Å². The maximum atomic E-state index is 12.3. The number of ether oxygens (including phenoxy) is 2. The lowest BCUT2D eigenvalue weighted by Gasteiger charge is -2.15. The Labute approximate surface area is 145 Å². The van der Waals surface area contributed by atoms with Crippen molar-refractivity contribution >= 4 is 5.97 Å². The van der Waals surface area contributed by atoms with E-state index in [4.69, 9.17) is 9.47 Å². The molecule has 0 aliphatic heterocycles. The molecule has 0 saturated carbocycles. The number of esters is 1. The highest BCUT2D eigenvalue weighted by molar-refractivity contribution is 5.77. The first kappa shape index (κ1) is 16.6. The molecule has 2 aromatic carbocycles. The van der Waals surface area contributed by atoms with Gasteiger partial charge in [0.05, 0.1) is 5.69 Å². The first-order chi connectivity index (χ1) is 12.0. The van der Waals surface area contributed by atoms with Crippen molar-refractivity contribution in [2.75, 3.05) is 0 Å². The fraction of sp³-hybridized carbons (Fsp3) is 0.222. The van der Waals surface area contributed by atoms with Crippen molar-refractivity contribution in [2.45, 2.75) is 26.9 Å². The molecule has 0 unspecified atom stereocenters. The van der Waals surface area contributed by atoms with E-state index >= 15 is 0 Å². The number of aryl methyl sites for hydroxylation is 2. The molecule has 0 N–H and O–H groups in total. The quantitative estimate of drug-likeness (QED) is 0.526. The van der Waals surface area contributed by atoms with Gasteiger partial charge in [-0.05, 0) is 66.6 Å². The lowest BCUT2D eigenvalue weighted by molar-refractivity contribution is -0.141. The second-order valence-corrected chi connectivity index (χ2v) is 5.68. The van der Waals surface area contributed by atoms with E-state index in [-0.39, 0.29) is 0 Å². The third kappa shape index (κ3) is 4.00. The van der Waals surface area contributed by atoms with E-state index in [0.717, 1.165) is 5.56 Å². The maximum Gasteiger partial charge on any atom is 0.352 e. The summed E-state index contributed by atoms with van der Waals surface area (Å²) in [5, 5.41) is 11.0. The van der Waals surface area contributed by atoms with E-state index in [1.54, 1.807) is 25.1 Å². The second kappa shape index (κ2) is 7.12. The van der Waals surface area contributed by atoms with E-state index in [2.05, 4.69) is 15.5 Å². The molecule has 0 aliphatic rings. The highest BCUT2D eigenvalue weighted by Gasteiger charge is 2.18. The third-order valence-electron chi connectivity index (χ3n) is 3.77. The van der Waals surface area contributed by atoms with Crippen molar-refractivity contribution in [3.63, 3.8) is 0 Å². The molecule has 0 saturated heterocycles. The highest BCUT2D eigenvalue weighted by Crippen LogP contribution is 2.20. The summed E-state index contributed by atoms with van der Waals surface area (Å²) in [7, 11) is 0. The molecule has 3 rings (SSSR count). The van der Waals surface area contributed by atoms with Gasteiger partial charge in [-0.15, -0.1) is 5.10 Å². The number of carbonyl (C=O) groups excluding carboxylic acids is 1. The van der Waals surface area contributed by atoms with Gasteiger partial charge < -0.3 is 9.47 Å². The first-order valence-electron chi connectivity index (χ1n) is 7.82. The molecule has 0 fully saturated rings. The van der Waals surface area contributed by atoms with Gasteiger partial charge in [0.2, 0.25) is 0 Å². The molecule has 1 atom stereocenters. The van der Waals surface area contributed by atoms with Gasteiger partial charge >= 0.3 is 5.97 Å². The minimum absolute atomic E-state index is 0.397. The standard InChI is InChI=1S/C18H18N4O3/c1-12-7-8-17(9-13(12)2)24-14(3)18(23)25-16-6-4-5-15(10-16)22-11-19-20-21-22/h4-11,14H,1-3H3/t14-/m1/s1. The monoisotopic (exact) mass is 338 g/mol. The van der Waals surface area contributed by atoms with Gasteiger partial charge in [0, 0.05) is 6.07 Å². The van der Waals surface area contributed by atoms with Crippen LogP contribution in [0.15, 0.2) is 48.8 Å². The zero-order chi connectivity index (χ0) is 17.8. The molecule has 3 aromatic rings. The number of tetrazole rings is 1. The van der Waals surface area contributed by atoms with Gasteiger partial charge in [-0.25, -0.2) is 9.48 Å². The maximum absolute atomic E-state index is 12.3. The summed E-state index contributed by atoms with van der Waals surface area (Å²) in [6.45, 7) is 5.67. The Hall–Kier alpha value is -3.22. The van der Waals surface area contributed by atoms with Gasteiger partial charge in [0.1, 0.15) is 17.8 Å². The van der Waals surface area contributed by atoms with Gasteiger partial charge in [0.15, 0.2) is 6.10 Å². The molecule has 0 radical (unpaired) electrons. The number of nitrogens with zero attached hydrogens (tertiary/aromatic N) is 4. The average Bonchev–Trinajstić information content (AvgIpc) is 3.13. The van der Waals surface area contributed by atoms with Gasteiger partial charge in [-0.2, -0.15) is 0 Å².